The van der Waals surface area contributed by atoms with Gasteiger partial charge >= 0.3 is 6.09 Å². The van der Waals surface area contributed by atoms with Crippen LogP contribution >= 0.6 is 0 Å². The molecule has 2 rings (SSSR count). The molecule has 0 unspecified atom stereocenters. The van der Waals surface area contributed by atoms with Crippen molar-refractivity contribution in [3.05, 3.63) is 35.4 Å². The van der Waals surface area contributed by atoms with Crippen molar-refractivity contribution in [1.29, 1.82) is 0 Å². The van der Waals surface area contributed by atoms with E-state index in [1.165, 1.54) is 0 Å². The number of nitrogens with one attached hydrogen (secondary N) is 1. The van der Waals surface area contributed by atoms with Crippen molar-refractivity contribution in [2.24, 2.45) is 0 Å². The summed E-state index contributed by atoms with van der Waals surface area (Å²) in [5.41, 5.74) is 1.04. The number of ether oxygens (including phenoxy) is 2. The third-order valence-electron chi connectivity index (χ3n) is 3.33. The fourth-order valence-electron chi connectivity index (χ4n) is 2.20. The normalized spacial score (nSPS) is 15.2. The molecule has 0 aromatic heterocycles. The average Bonchev–Trinajstić information content (AvgIpc) is 2.52. The van der Waals surface area contributed by atoms with Crippen LogP contribution in [0.2, 0.25) is 0 Å². The van der Waals surface area contributed by atoms with Crippen molar-refractivity contribution in [1.82, 2.24) is 10.2 Å². The summed E-state index contributed by atoms with van der Waals surface area (Å²) in [6.07, 6.45) is -0.453. The number of amides is 2. The number of morpholine rings is 1. The van der Waals surface area contributed by atoms with E-state index in [4.69, 9.17) is 9.47 Å². The first-order valence-corrected chi connectivity index (χ1v) is 7.78. The number of benzene rings is 1. The Labute approximate surface area is 136 Å². The SMILES string of the molecule is CC(C)(C)OC(=O)NCc1ccc(C(=O)N2CCOCC2)cc1. The van der Waals surface area contributed by atoms with Crippen molar-refractivity contribution in [2.75, 3.05) is 26.3 Å². The van der Waals surface area contributed by atoms with Gasteiger partial charge in [-0.05, 0) is 38.5 Å². The van der Waals surface area contributed by atoms with E-state index in [9.17, 15) is 9.59 Å². The van der Waals surface area contributed by atoms with Crippen molar-refractivity contribution in [3.8, 4) is 0 Å². The fraction of sp³-hybridized carbons (Fsp3) is 0.529. The molecule has 0 atom stereocenters. The number of nitrogens with zero attached hydrogens (tertiary/aromatic N) is 1. The minimum Gasteiger partial charge on any atom is -0.444 e. The molecule has 0 aliphatic carbocycles. The van der Waals surface area contributed by atoms with Crippen LogP contribution in [0.4, 0.5) is 4.79 Å². The maximum Gasteiger partial charge on any atom is 0.407 e. The minimum absolute atomic E-state index is 0.0138. The van der Waals surface area contributed by atoms with E-state index in [0.717, 1.165) is 5.56 Å². The lowest BCUT2D eigenvalue weighted by molar-refractivity contribution is 0.0303. The molecule has 126 valence electrons. The zero-order chi connectivity index (χ0) is 16.9. The van der Waals surface area contributed by atoms with Gasteiger partial charge in [-0.15, -0.1) is 0 Å². The summed E-state index contributed by atoms with van der Waals surface area (Å²) >= 11 is 0. The number of hydrogen-bond donors (Lipinski definition) is 1. The molecule has 6 heteroatoms. The van der Waals surface area contributed by atoms with Crippen LogP contribution in [0.25, 0.3) is 0 Å². The van der Waals surface area contributed by atoms with Crippen LogP contribution in [-0.2, 0) is 16.0 Å². The van der Waals surface area contributed by atoms with Gasteiger partial charge in [0.1, 0.15) is 5.60 Å². The number of rotatable bonds is 3. The molecule has 6 nitrogen and oxygen atoms in total. The molecule has 1 aromatic rings. The maximum atomic E-state index is 12.3. The van der Waals surface area contributed by atoms with Crippen LogP contribution < -0.4 is 5.32 Å². The van der Waals surface area contributed by atoms with E-state index in [1.807, 2.05) is 32.9 Å². The van der Waals surface area contributed by atoms with E-state index in [1.54, 1.807) is 17.0 Å². The van der Waals surface area contributed by atoms with E-state index >= 15 is 0 Å². The van der Waals surface area contributed by atoms with Gasteiger partial charge in [-0.2, -0.15) is 0 Å². The second kappa shape index (κ2) is 7.46. The van der Waals surface area contributed by atoms with Gasteiger partial charge in [0, 0.05) is 25.2 Å². The number of hydrogen-bond acceptors (Lipinski definition) is 4. The zero-order valence-electron chi connectivity index (χ0n) is 13.9. The van der Waals surface area contributed by atoms with Crippen molar-refractivity contribution < 1.29 is 19.1 Å². The third-order valence-corrected chi connectivity index (χ3v) is 3.33. The van der Waals surface area contributed by atoms with Crippen molar-refractivity contribution in [3.63, 3.8) is 0 Å². The molecular weight excluding hydrogens is 296 g/mol. The molecule has 1 saturated heterocycles. The topological polar surface area (TPSA) is 67.9 Å². The lowest BCUT2D eigenvalue weighted by atomic mass is 10.1. The Morgan fingerprint density at radius 3 is 2.35 bits per heavy atom. The van der Waals surface area contributed by atoms with Gasteiger partial charge in [-0.1, -0.05) is 12.1 Å². The molecule has 0 spiro atoms. The van der Waals surface area contributed by atoms with Crippen LogP contribution in [0.5, 0.6) is 0 Å². The summed E-state index contributed by atoms with van der Waals surface area (Å²) in [4.78, 5) is 25.7. The van der Waals surface area contributed by atoms with Crippen LogP contribution in [0.1, 0.15) is 36.7 Å². The van der Waals surface area contributed by atoms with E-state index < -0.39 is 11.7 Å². The fourth-order valence-corrected chi connectivity index (χ4v) is 2.20. The Kier molecular flexibility index (Phi) is 5.60. The highest BCUT2D eigenvalue weighted by molar-refractivity contribution is 5.94. The quantitative estimate of drug-likeness (QED) is 0.927. The van der Waals surface area contributed by atoms with Crippen LogP contribution in [0.15, 0.2) is 24.3 Å². The molecule has 1 aliphatic heterocycles. The van der Waals surface area contributed by atoms with E-state index in [0.29, 0.717) is 38.4 Å². The molecule has 0 radical (unpaired) electrons. The lowest BCUT2D eigenvalue weighted by Crippen LogP contribution is -2.40. The maximum absolute atomic E-state index is 12.3. The molecule has 0 saturated carbocycles. The highest BCUT2D eigenvalue weighted by Crippen LogP contribution is 2.10. The molecule has 1 aliphatic rings. The average molecular weight is 320 g/mol. The van der Waals surface area contributed by atoms with Gasteiger partial charge in [0.25, 0.3) is 5.91 Å². The Hall–Kier alpha value is -2.08. The summed E-state index contributed by atoms with van der Waals surface area (Å²) < 4.78 is 10.4. The van der Waals surface area contributed by atoms with E-state index in [-0.39, 0.29) is 5.91 Å². The van der Waals surface area contributed by atoms with Gasteiger partial charge in [0.2, 0.25) is 0 Å². The number of carbonyl (C=O) groups excluding carboxylic acids is 2. The molecule has 1 N–H and O–H groups in total. The Bertz CT molecular complexity index is 543. The Morgan fingerprint density at radius 2 is 1.78 bits per heavy atom. The smallest absolute Gasteiger partial charge is 0.407 e. The lowest BCUT2D eigenvalue weighted by Gasteiger charge is -2.26. The van der Waals surface area contributed by atoms with E-state index in [2.05, 4.69) is 5.32 Å². The molecule has 0 bridgehead atoms. The third kappa shape index (κ3) is 5.56. The first kappa shape index (κ1) is 17.3. The van der Waals surface area contributed by atoms with Gasteiger partial charge in [-0.25, -0.2) is 4.79 Å². The summed E-state index contributed by atoms with van der Waals surface area (Å²) in [7, 11) is 0. The molecule has 1 heterocycles. The molecule has 2 amide bonds. The summed E-state index contributed by atoms with van der Waals surface area (Å²) in [5.74, 6) is 0.0138. The standard InChI is InChI=1S/C17H24N2O4/c1-17(2,3)23-16(21)18-12-13-4-6-14(7-5-13)15(20)19-8-10-22-11-9-19/h4-7H,8-12H2,1-3H3,(H,18,21). The van der Waals surface area contributed by atoms with Gasteiger partial charge in [-0.3, -0.25) is 4.79 Å². The highest BCUT2D eigenvalue weighted by Gasteiger charge is 2.18. The molecule has 1 fully saturated rings. The molecule has 23 heavy (non-hydrogen) atoms. The first-order chi connectivity index (χ1) is 10.8. The van der Waals surface area contributed by atoms with Crippen molar-refractivity contribution in [2.45, 2.75) is 32.9 Å². The number of carbonyl (C=O) groups is 2. The van der Waals surface area contributed by atoms with Crippen LogP contribution in [-0.4, -0.2) is 48.8 Å². The highest BCUT2D eigenvalue weighted by atomic mass is 16.6. The van der Waals surface area contributed by atoms with Crippen LogP contribution in [0.3, 0.4) is 0 Å². The van der Waals surface area contributed by atoms with Crippen LogP contribution in [0, 0.1) is 0 Å². The Balaban J connectivity index is 1.86. The molecule has 1 aromatic carbocycles. The predicted octanol–water partition coefficient (Wildman–Crippen LogP) is 2.18. The largest absolute Gasteiger partial charge is 0.444 e. The predicted molar refractivity (Wildman–Crippen MR) is 86.2 cm³/mol. The zero-order valence-corrected chi connectivity index (χ0v) is 13.9. The molecular formula is C17H24N2O4. The second-order valence-electron chi connectivity index (χ2n) is 6.46. The van der Waals surface area contributed by atoms with Gasteiger partial charge in [0.05, 0.1) is 13.2 Å². The monoisotopic (exact) mass is 320 g/mol. The summed E-state index contributed by atoms with van der Waals surface area (Å²) in [6, 6.07) is 7.24. The minimum atomic E-state index is -0.515. The van der Waals surface area contributed by atoms with Crippen molar-refractivity contribution >= 4 is 12.0 Å². The van der Waals surface area contributed by atoms with Gasteiger partial charge < -0.3 is 19.7 Å². The Morgan fingerprint density at radius 1 is 1.17 bits per heavy atom. The second-order valence-corrected chi connectivity index (χ2v) is 6.46. The summed E-state index contributed by atoms with van der Waals surface area (Å²) in [6.45, 7) is 8.24. The number of alkyl carbamates (subject to hydrolysis) is 1. The van der Waals surface area contributed by atoms with Gasteiger partial charge in [0.15, 0.2) is 0 Å². The first-order valence-electron chi connectivity index (χ1n) is 7.78. The summed E-state index contributed by atoms with van der Waals surface area (Å²) in [5, 5.41) is 2.69.